The third-order valence-electron chi connectivity index (χ3n) is 9.00. The predicted octanol–water partition coefficient (Wildman–Crippen LogP) is 12.1. The molecule has 0 fully saturated rings. The second kappa shape index (κ2) is 38.3. The predicted molar refractivity (Wildman–Crippen MR) is 194 cm³/mol. The first kappa shape index (κ1) is 44.9. The number of aliphatic carboxylic acids is 1. The van der Waals surface area contributed by atoms with Crippen molar-refractivity contribution in [3.63, 3.8) is 0 Å². The van der Waals surface area contributed by atoms with Crippen molar-refractivity contribution in [2.24, 2.45) is 0 Å². The van der Waals surface area contributed by atoms with E-state index in [1.807, 2.05) is 0 Å². The van der Waals surface area contributed by atoms with Crippen LogP contribution in [-0.2, 0) is 23.8 Å². The SMILES string of the molecule is CCCCCCCCCCCCCCCCOC[C@H](COC(=O)CCCC(=O)O)OCCCCCCCCCCCCCCCC. The Morgan fingerprint density at radius 1 is 0.457 bits per heavy atom. The minimum atomic E-state index is -0.890. The molecule has 1 N–H and O–H groups in total. The Balaban J connectivity index is 3.90. The van der Waals surface area contributed by atoms with Crippen LogP contribution in [0.2, 0.25) is 0 Å². The molecule has 0 aromatic rings. The molecular weight excluding hydrogens is 576 g/mol. The molecule has 0 spiro atoms. The molecule has 46 heavy (non-hydrogen) atoms. The summed E-state index contributed by atoms with van der Waals surface area (Å²) in [5.41, 5.74) is 0. The van der Waals surface area contributed by atoms with Gasteiger partial charge in [0.25, 0.3) is 0 Å². The molecule has 0 aromatic heterocycles. The van der Waals surface area contributed by atoms with Crippen LogP contribution in [0.15, 0.2) is 0 Å². The van der Waals surface area contributed by atoms with E-state index in [-0.39, 0.29) is 31.5 Å². The molecule has 0 bridgehead atoms. The average Bonchev–Trinajstić information content (AvgIpc) is 3.04. The van der Waals surface area contributed by atoms with Crippen LogP contribution < -0.4 is 0 Å². The van der Waals surface area contributed by atoms with Gasteiger partial charge in [-0.05, 0) is 19.3 Å². The smallest absolute Gasteiger partial charge is 0.305 e. The van der Waals surface area contributed by atoms with Crippen LogP contribution in [0.25, 0.3) is 0 Å². The zero-order valence-corrected chi connectivity index (χ0v) is 30.8. The second-order valence-corrected chi connectivity index (χ2v) is 13.7. The van der Waals surface area contributed by atoms with E-state index in [0.29, 0.717) is 26.2 Å². The minimum absolute atomic E-state index is 0.0174. The van der Waals surface area contributed by atoms with Crippen LogP contribution in [0, 0.1) is 0 Å². The van der Waals surface area contributed by atoms with Gasteiger partial charge in [-0.3, -0.25) is 9.59 Å². The molecule has 0 radical (unpaired) electrons. The first-order chi connectivity index (χ1) is 22.6. The summed E-state index contributed by atoms with van der Waals surface area (Å²) in [6.07, 6.45) is 37.5. The monoisotopic (exact) mass is 655 g/mol. The Morgan fingerprint density at radius 3 is 1.22 bits per heavy atom. The van der Waals surface area contributed by atoms with Gasteiger partial charge in [-0.25, -0.2) is 0 Å². The van der Waals surface area contributed by atoms with Gasteiger partial charge < -0.3 is 19.3 Å². The Kier molecular flexibility index (Phi) is 37.4. The summed E-state index contributed by atoms with van der Waals surface area (Å²) in [4.78, 5) is 22.8. The number of ether oxygens (including phenoxy) is 3. The second-order valence-electron chi connectivity index (χ2n) is 13.7. The Hall–Kier alpha value is -1.14. The van der Waals surface area contributed by atoms with E-state index in [1.54, 1.807) is 0 Å². The zero-order valence-electron chi connectivity index (χ0n) is 30.8. The molecule has 0 aliphatic carbocycles. The summed E-state index contributed by atoms with van der Waals surface area (Å²) in [6, 6.07) is 0. The molecule has 6 heteroatoms. The molecule has 0 aliphatic heterocycles. The molecule has 274 valence electrons. The standard InChI is InChI=1S/C40H78O6/c1-3-5-7-9-11-13-15-17-19-21-23-25-27-29-34-44-36-38(37-46-40(43)33-31-32-39(41)42)45-35-30-28-26-24-22-20-18-16-14-12-10-8-6-4-2/h38H,3-37H2,1-2H3,(H,41,42)/t38-/m1/s1. The van der Waals surface area contributed by atoms with Crippen molar-refractivity contribution < 1.29 is 28.9 Å². The molecule has 0 aliphatic rings. The fourth-order valence-corrected chi connectivity index (χ4v) is 5.95. The van der Waals surface area contributed by atoms with Crippen molar-refractivity contribution in [2.45, 2.75) is 219 Å². The van der Waals surface area contributed by atoms with Crippen molar-refractivity contribution in [3.05, 3.63) is 0 Å². The van der Waals surface area contributed by atoms with Gasteiger partial charge >= 0.3 is 11.9 Å². The fourth-order valence-electron chi connectivity index (χ4n) is 5.95. The zero-order chi connectivity index (χ0) is 33.6. The summed E-state index contributed by atoms with van der Waals surface area (Å²) in [7, 11) is 0. The van der Waals surface area contributed by atoms with E-state index in [9.17, 15) is 9.59 Å². The van der Waals surface area contributed by atoms with Gasteiger partial charge in [0.2, 0.25) is 0 Å². The lowest BCUT2D eigenvalue weighted by Crippen LogP contribution is -2.28. The lowest BCUT2D eigenvalue weighted by molar-refractivity contribution is -0.150. The minimum Gasteiger partial charge on any atom is -0.481 e. The number of rotatable bonds is 39. The highest BCUT2D eigenvalue weighted by Gasteiger charge is 2.14. The van der Waals surface area contributed by atoms with Gasteiger partial charge in [-0.15, -0.1) is 0 Å². The summed E-state index contributed by atoms with van der Waals surface area (Å²) >= 11 is 0. The van der Waals surface area contributed by atoms with Crippen LogP contribution in [0.4, 0.5) is 0 Å². The van der Waals surface area contributed by atoms with Crippen LogP contribution in [0.1, 0.15) is 213 Å². The van der Waals surface area contributed by atoms with E-state index in [1.165, 1.54) is 167 Å². The van der Waals surface area contributed by atoms with E-state index < -0.39 is 5.97 Å². The number of carboxylic acids is 1. The maximum absolute atomic E-state index is 12.1. The van der Waals surface area contributed by atoms with Gasteiger partial charge in [0, 0.05) is 26.1 Å². The average molecular weight is 655 g/mol. The van der Waals surface area contributed by atoms with Crippen molar-refractivity contribution in [1.29, 1.82) is 0 Å². The first-order valence-corrected chi connectivity index (χ1v) is 20.2. The summed E-state index contributed by atoms with van der Waals surface area (Å²) in [6.45, 7) is 6.52. The number of carboxylic acid groups (broad SMARTS) is 1. The number of carbonyl (C=O) groups is 2. The Morgan fingerprint density at radius 2 is 0.826 bits per heavy atom. The summed E-state index contributed by atoms with van der Waals surface area (Å²) in [5.74, 6) is -1.25. The van der Waals surface area contributed by atoms with Gasteiger partial charge in [-0.1, -0.05) is 181 Å². The Bertz CT molecular complexity index is 625. The van der Waals surface area contributed by atoms with Gasteiger partial charge in [0.1, 0.15) is 12.7 Å². The van der Waals surface area contributed by atoms with Crippen molar-refractivity contribution in [2.75, 3.05) is 26.4 Å². The van der Waals surface area contributed by atoms with Gasteiger partial charge in [0.15, 0.2) is 0 Å². The number of hydrogen-bond acceptors (Lipinski definition) is 5. The molecule has 0 heterocycles. The molecule has 1 atom stereocenters. The maximum atomic E-state index is 12.1. The lowest BCUT2D eigenvalue weighted by Gasteiger charge is -2.18. The molecule has 0 rings (SSSR count). The molecule has 0 amide bonds. The number of carbonyl (C=O) groups excluding carboxylic acids is 1. The number of hydrogen-bond donors (Lipinski definition) is 1. The molecule has 0 saturated carbocycles. The molecule has 0 saturated heterocycles. The Labute approximate surface area is 285 Å². The van der Waals surface area contributed by atoms with E-state index in [0.717, 1.165) is 12.8 Å². The largest absolute Gasteiger partial charge is 0.481 e. The van der Waals surface area contributed by atoms with E-state index in [4.69, 9.17) is 19.3 Å². The highest BCUT2D eigenvalue weighted by molar-refractivity contribution is 5.71. The van der Waals surface area contributed by atoms with Crippen LogP contribution >= 0.6 is 0 Å². The third-order valence-corrected chi connectivity index (χ3v) is 9.00. The molecular formula is C40H78O6. The fraction of sp³-hybridized carbons (Fsp3) is 0.950. The normalized spacial score (nSPS) is 12.0. The highest BCUT2D eigenvalue weighted by atomic mass is 16.6. The van der Waals surface area contributed by atoms with Crippen LogP contribution in [-0.4, -0.2) is 49.6 Å². The van der Waals surface area contributed by atoms with E-state index in [2.05, 4.69) is 13.8 Å². The molecule has 0 unspecified atom stereocenters. The molecule has 0 aromatic carbocycles. The third kappa shape index (κ3) is 37.3. The van der Waals surface area contributed by atoms with Crippen molar-refractivity contribution >= 4 is 11.9 Å². The van der Waals surface area contributed by atoms with Crippen molar-refractivity contribution in [3.8, 4) is 0 Å². The topological polar surface area (TPSA) is 82.1 Å². The summed E-state index contributed by atoms with van der Waals surface area (Å²) < 4.78 is 17.4. The van der Waals surface area contributed by atoms with Gasteiger partial charge in [-0.2, -0.15) is 0 Å². The highest BCUT2D eigenvalue weighted by Crippen LogP contribution is 2.15. The maximum Gasteiger partial charge on any atom is 0.305 e. The molecule has 6 nitrogen and oxygen atoms in total. The number of esters is 1. The summed E-state index contributed by atoms with van der Waals surface area (Å²) in [5, 5.41) is 8.79. The quantitative estimate of drug-likeness (QED) is 0.0524. The van der Waals surface area contributed by atoms with Crippen LogP contribution in [0.3, 0.4) is 0 Å². The lowest BCUT2D eigenvalue weighted by atomic mass is 10.0. The van der Waals surface area contributed by atoms with E-state index >= 15 is 0 Å². The number of unbranched alkanes of at least 4 members (excludes halogenated alkanes) is 26. The van der Waals surface area contributed by atoms with Crippen LogP contribution in [0.5, 0.6) is 0 Å². The van der Waals surface area contributed by atoms with Crippen molar-refractivity contribution in [1.82, 2.24) is 0 Å². The van der Waals surface area contributed by atoms with Gasteiger partial charge in [0.05, 0.1) is 6.61 Å². The first-order valence-electron chi connectivity index (χ1n) is 20.2.